The molecule has 0 atom stereocenters. The Hall–Kier alpha value is -2.95. The van der Waals surface area contributed by atoms with Crippen molar-refractivity contribution < 1.29 is 27.5 Å². The highest BCUT2D eigenvalue weighted by Gasteiger charge is 2.17. The lowest BCUT2D eigenvalue weighted by molar-refractivity contribution is 0.0528. The van der Waals surface area contributed by atoms with E-state index in [9.17, 15) is 18.0 Å². The van der Waals surface area contributed by atoms with Crippen LogP contribution in [0.25, 0.3) is 0 Å². The molecule has 0 unspecified atom stereocenters. The van der Waals surface area contributed by atoms with Crippen molar-refractivity contribution in [3.8, 4) is 0 Å². The molecule has 0 fully saturated rings. The molecule has 0 heterocycles. The van der Waals surface area contributed by atoms with Crippen molar-refractivity contribution in [2.45, 2.75) is 37.9 Å². The molecule has 3 N–H and O–H groups in total. The van der Waals surface area contributed by atoms with Crippen LogP contribution in [0.4, 0.5) is 10.5 Å². The SMILES string of the molecule is COCc1cccc(C(=O)Nc2cccc(S(=O)(=O)NCCNC(=O)OC(C)(C)C)c2)c1. The van der Waals surface area contributed by atoms with Crippen molar-refractivity contribution in [3.63, 3.8) is 0 Å². The van der Waals surface area contributed by atoms with Crippen LogP contribution in [0.15, 0.2) is 53.4 Å². The third-order valence-electron chi connectivity index (χ3n) is 3.99. The molecule has 2 rings (SSSR count). The summed E-state index contributed by atoms with van der Waals surface area (Å²) < 4.78 is 37.7. The smallest absolute Gasteiger partial charge is 0.407 e. The molecule has 0 bridgehead atoms. The first-order chi connectivity index (χ1) is 15.0. The fourth-order valence-corrected chi connectivity index (χ4v) is 3.74. The second kappa shape index (κ2) is 11.1. The van der Waals surface area contributed by atoms with E-state index < -0.39 is 21.7 Å². The summed E-state index contributed by atoms with van der Waals surface area (Å²) in [5, 5.41) is 5.18. The van der Waals surface area contributed by atoms with E-state index in [0.29, 0.717) is 17.9 Å². The minimum Gasteiger partial charge on any atom is -0.444 e. The summed E-state index contributed by atoms with van der Waals surface area (Å²) >= 11 is 0. The minimum atomic E-state index is -3.84. The van der Waals surface area contributed by atoms with Gasteiger partial charge in [-0.2, -0.15) is 0 Å². The summed E-state index contributed by atoms with van der Waals surface area (Å²) in [4.78, 5) is 24.1. The molecule has 32 heavy (non-hydrogen) atoms. The zero-order chi connectivity index (χ0) is 23.8. The molecule has 9 nitrogen and oxygen atoms in total. The summed E-state index contributed by atoms with van der Waals surface area (Å²) in [6.07, 6.45) is -0.629. The Morgan fingerprint density at radius 1 is 1.00 bits per heavy atom. The molecule has 0 aliphatic heterocycles. The van der Waals surface area contributed by atoms with Gasteiger partial charge in [-0.05, 0) is 56.7 Å². The Bertz CT molecular complexity index is 1050. The number of carbonyl (C=O) groups excluding carboxylic acids is 2. The first kappa shape index (κ1) is 25.3. The highest BCUT2D eigenvalue weighted by atomic mass is 32.2. The van der Waals surface area contributed by atoms with Gasteiger partial charge < -0.3 is 20.1 Å². The number of hydrogen-bond acceptors (Lipinski definition) is 6. The van der Waals surface area contributed by atoms with Crippen LogP contribution in [0.5, 0.6) is 0 Å². The molecular formula is C22H29N3O6S. The maximum absolute atomic E-state index is 12.5. The summed E-state index contributed by atoms with van der Waals surface area (Å²) in [5.41, 5.74) is 0.973. The number of rotatable bonds is 9. The number of hydrogen-bond donors (Lipinski definition) is 3. The van der Waals surface area contributed by atoms with Crippen LogP contribution < -0.4 is 15.4 Å². The predicted octanol–water partition coefficient (Wildman–Crippen LogP) is 2.89. The summed E-state index contributed by atoms with van der Waals surface area (Å²) in [5.74, 6) is -0.368. The van der Waals surface area contributed by atoms with Crippen LogP contribution >= 0.6 is 0 Å². The molecule has 2 aromatic carbocycles. The molecular weight excluding hydrogens is 434 g/mol. The lowest BCUT2D eigenvalue weighted by atomic mass is 10.1. The molecule has 0 aromatic heterocycles. The van der Waals surface area contributed by atoms with E-state index in [2.05, 4.69) is 15.4 Å². The third-order valence-corrected chi connectivity index (χ3v) is 5.45. The van der Waals surface area contributed by atoms with Crippen molar-refractivity contribution in [2.75, 3.05) is 25.5 Å². The first-order valence-corrected chi connectivity index (χ1v) is 11.4. The Labute approximate surface area is 188 Å². The second-order valence-corrected chi connectivity index (χ2v) is 9.71. The fraction of sp³-hybridized carbons (Fsp3) is 0.364. The lowest BCUT2D eigenvalue weighted by Gasteiger charge is -2.19. The van der Waals surface area contributed by atoms with Gasteiger partial charge in [0.2, 0.25) is 10.0 Å². The van der Waals surface area contributed by atoms with Crippen molar-refractivity contribution in [1.82, 2.24) is 10.0 Å². The Morgan fingerprint density at radius 2 is 1.72 bits per heavy atom. The number of anilines is 1. The number of carbonyl (C=O) groups is 2. The van der Waals surface area contributed by atoms with Crippen molar-refractivity contribution in [3.05, 3.63) is 59.7 Å². The standard InChI is InChI=1S/C22H29N3O6S/c1-22(2,3)31-21(27)23-11-12-24-32(28,29)19-10-6-9-18(14-19)25-20(26)17-8-5-7-16(13-17)15-30-4/h5-10,13-14,24H,11-12,15H2,1-4H3,(H,23,27)(H,25,26). The van der Waals surface area contributed by atoms with Crippen LogP contribution in [0, 0.1) is 0 Å². The van der Waals surface area contributed by atoms with Crippen molar-refractivity contribution in [1.29, 1.82) is 0 Å². The molecule has 0 aliphatic rings. The van der Waals surface area contributed by atoms with Gasteiger partial charge in [0.05, 0.1) is 11.5 Å². The molecule has 2 amide bonds. The zero-order valence-electron chi connectivity index (χ0n) is 18.6. The van der Waals surface area contributed by atoms with E-state index in [1.165, 1.54) is 18.2 Å². The van der Waals surface area contributed by atoms with Crippen molar-refractivity contribution >= 4 is 27.7 Å². The minimum absolute atomic E-state index is 0.0132. The van der Waals surface area contributed by atoms with E-state index >= 15 is 0 Å². The van der Waals surface area contributed by atoms with Gasteiger partial charge >= 0.3 is 6.09 Å². The van der Waals surface area contributed by atoms with Gasteiger partial charge in [-0.15, -0.1) is 0 Å². The highest BCUT2D eigenvalue weighted by Crippen LogP contribution is 2.17. The van der Waals surface area contributed by atoms with E-state index in [-0.39, 0.29) is 23.9 Å². The quantitative estimate of drug-likeness (QED) is 0.492. The number of sulfonamides is 1. The fourth-order valence-electron chi connectivity index (χ4n) is 2.66. The van der Waals surface area contributed by atoms with Gasteiger partial charge in [-0.3, -0.25) is 4.79 Å². The Balaban J connectivity index is 1.96. The van der Waals surface area contributed by atoms with Gasteiger partial charge in [0, 0.05) is 31.5 Å². The largest absolute Gasteiger partial charge is 0.444 e. The molecule has 0 spiro atoms. The monoisotopic (exact) mass is 463 g/mol. The number of amides is 2. The third kappa shape index (κ3) is 8.29. The predicted molar refractivity (Wildman–Crippen MR) is 121 cm³/mol. The van der Waals surface area contributed by atoms with Gasteiger partial charge in [0.25, 0.3) is 5.91 Å². The van der Waals surface area contributed by atoms with Crippen LogP contribution in [-0.2, 0) is 26.1 Å². The second-order valence-electron chi connectivity index (χ2n) is 7.94. The molecule has 174 valence electrons. The molecule has 0 saturated heterocycles. The van der Waals surface area contributed by atoms with Gasteiger partial charge in [0.15, 0.2) is 0 Å². The van der Waals surface area contributed by atoms with Gasteiger partial charge in [0.1, 0.15) is 5.60 Å². The number of benzene rings is 2. The van der Waals surface area contributed by atoms with Crippen LogP contribution in [0.3, 0.4) is 0 Å². The zero-order valence-corrected chi connectivity index (χ0v) is 19.4. The average Bonchev–Trinajstić information content (AvgIpc) is 2.71. The van der Waals surface area contributed by atoms with E-state index in [1.807, 2.05) is 6.07 Å². The summed E-state index contributed by atoms with van der Waals surface area (Å²) in [6.45, 7) is 5.61. The maximum atomic E-state index is 12.5. The number of ether oxygens (including phenoxy) is 2. The van der Waals surface area contributed by atoms with Gasteiger partial charge in [-0.25, -0.2) is 17.9 Å². The van der Waals surface area contributed by atoms with E-state index in [0.717, 1.165) is 5.56 Å². The van der Waals surface area contributed by atoms with E-state index in [1.54, 1.807) is 52.1 Å². The van der Waals surface area contributed by atoms with Gasteiger partial charge in [-0.1, -0.05) is 18.2 Å². The number of nitrogens with one attached hydrogen (secondary N) is 3. The molecule has 10 heteroatoms. The van der Waals surface area contributed by atoms with Crippen molar-refractivity contribution in [2.24, 2.45) is 0 Å². The molecule has 2 aromatic rings. The normalized spacial score (nSPS) is 11.6. The summed E-state index contributed by atoms with van der Waals surface area (Å²) in [7, 11) is -2.27. The number of methoxy groups -OCH3 is 1. The Morgan fingerprint density at radius 3 is 2.41 bits per heavy atom. The summed E-state index contributed by atoms with van der Waals surface area (Å²) in [6, 6.07) is 12.9. The topological polar surface area (TPSA) is 123 Å². The number of alkyl carbamates (subject to hydrolysis) is 1. The average molecular weight is 464 g/mol. The van der Waals surface area contributed by atoms with Crippen LogP contribution in [0.1, 0.15) is 36.7 Å². The van der Waals surface area contributed by atoms with Crippen LogP contribution in [0.2, 0.25) is 0 Å². The lowest BCUT2D eigenvalue weighted by Crippen LogP contribution is -2.37. The molecule has 0 radical (unpaired) electrons. The van der Waals surface area contributed by atoms with Crippen LogP contribution in [-0.4, -0.2) is 46.2 Å². The van der Waals surface area contributed by atoms with E-state index in [4.69, 9.17) is 9.47 Å². The first-order valence-electron chi connectivity index (χ1n) is 9.96. The molecule has 0 saturated carbocycles. The highest BCUT2D eigenvalue weighted by molar-refractivity contribution is 7.89. The Kier molecular flexibility index (Phi) is 8.76. The molecule has 0 aliphatic carbocycles. The maximum Gasteiger partial charge on any atom is 0.407 e.